The molecule has 1 aromatic heterocycles. The van der Waals surface area contributed by atoms with E-state index in [2.05, 4.69) is 35.3 Å². The van der Waals surface area contributed by atoms with E-state index in [9.17, 15) is 0 Å². The van der Waals surface area contributed by atoms with E-state index in [1.165, 1.54) is 5.56 Å². The van der Waals surface area contributed by atoms with Crippen molar-refractivity contribution in [2.24, 2.45) is 5.73 Å². The van der Waals surface area contributed by atoms with E-state index < -0.39 is 0 Å². The highest BCUT2D eigenvalue weighted by atomic mass is 14.7. The van der Waals surface area contributed by atoms with E-state index in [4.69, 9.17) is 5.73 Å². The Kier molecular flexibility index (Phi) is 3.32. The summed E-state index contributed by atoms with van der Waals surface area (Å²) in [6, 6.07) is 14.5. The molecule has 0 spiro atoms. The van der Waals surface area contributed by atoms with Crippen molar-refractivity contribution in [3.8, 4) is 0 Å². The van der Waals surface area contributed by atoms with E-state index in [-0.39, 0.29) is 0 Å². The summed E-state index contributed by atoms with van der Waals surface area (Å²) >= 11 is 0. The summed E-state index contributed by atoms with van der Waals surface area (Å²) in [5, 5.41) is 0. The molecule has 16 heavy (non-hydrogen) atoms. The zero-order valence-electron chi connectivity index (χ0n) is 9.48. The maximum atomic E-state index is 5.65. The molecule has 0 amide bonds. The number of nitrogens with two attached hydrogens (primary N) is 1. The first-order valence-corrected chi connectivity index (χ1v) is 5.48. The number of nitrogens with zero attached hydrogens (tertiary/aromatic N) is 1. The Labute approximate surface area is 96.1 Å². The monoisotopic (exact) mass is 212 g/mol. The van der Waals surface area contributed by atoms with Crippen molar-refractivity contribution in [3.63, 3.8) is 0 Å². The van der Waals surface area contributed by atoms with Gasteiger partial charge in [-0.2, -0.15) is 0 Å². The van der Waals surface area contributed by atoms with Gasteiger partial charge in [-0.1, -0.05) is 30.3 Å². The van der Waals surface area contributed by atoms with Crippen molar-refractivity contribution in [3.05, 3.63) is 65.0 Å². The van der Waals surface area contributed by atoms with Crippen LogP contribution in [0.3, 0.4) is 0 Å². The van der Waals surface area contributed by atoms with Crippen molar-refractivity contribution >= 4 is 0 Å². The summed E-state index contributed by atoms with van der Waals surface area (Å²) in [5.41, 5.74) is 10.2. The molecule has 0 atom stereocenters. The molecule has 0 unspecified atom stereocenters. The Bertz CT molecular complexity index is 463. The number of benzene rings is 1. The van der Waals surface area contributed by atoms with E-state index in [1.807, 2.05) is 19.1 Å². The third-order valence-corrected chi connectivity index (χ3v) is 2.53. The van der Waals surface area contributed by atoms with Gasteiger partial charge >= 0.3 is 0 Å². The minimum atomic E-state index is 0.575. The molecular formula is C14H16N2. The molecule has 82 valence electrons. The average molecular weight is 212 g/mol. The van der Waals surface area contributed by atoms with E-state index in [0.717, 1.165) is 23.4 Å². The van der Waals surface area contributed by atoms with Crippen molar-refractivity contribution in [2.75, 3.05) is 0 Å². The van der Waals surface area contributed by atoms with Crippen LogP contribution in [0.1, 0.15) is 22.5 Å². The van der Waals surface area contributed by atoms with Crippen LogP contribution in [-0.4, -0.2) is 4.98 Å². The van der Waals surface area contributed by atoms with Gasteiger partial charge in [-0.05, 0) is 30.2 Å². The van der Waals surface area contributed by atoms with Crippen molar-refractivity contribution < 1.29 is 0 Å². The number of rotatable bonds is 3. The Morgan fingerprint density at radius 2 is 1.81 bits per heavy atom. The van der Waals surface area contributed by atoms with Gasteiger partial charge in [-0.25, -0.2) is 0 Å². The lowest BCUT2D eigenvalue weighted by Crippen LogP contribution is -2.01. The smallest absolute Gasteiger partial charge is 0.0453 e. The summed E-state index contributed by atoms with van der Waals surface area (Å²) < 4.78 is 0. The van der Waals surface area contributed by atoms with Gasteiger partial charge in [0.15, 0.2) is 0 Å². The molecule has 0 saturated carbocycles. The molecule has 0 fully saturated rings. The SMILES string of the molecule is Cc1cc(CN)cc(Cc2ccccc2)n1. The summed E-state index contributed by atoms with van der Waals surface area (Å²) in [4.78, 5) is 4.52. The molecule has 2 heteroatoms. The van der Waals surface area contributed by atoms with Gasteiger partial charge in [-0.15, -0.1) is 0 Å². The molecule has 0 bridgehead atoms. The number of aryl methyl sites for hydroxylation is 1. The number of hydrogen-bond acceptors (Lipinski definition) is 2. The maximum Gasteiger partial charge on any atom is 0.0453 e. The zero-order valence-corrected chi connectivity index (χ0v) is 9.48. The highest BCUT2D eigenvalue weighted by molar-refractivity contribution is 5.26. The minimum absolute atomic E-state index is 0.575. The Balaban J connectivity index is 2.24. The zero-order chi connectivity index (χ0) is 11.4. The van der Waals surface area contributed by atoms with E-state index in [0.29, 0.717) is 6.54 Å². The second kappa shape index (κ2) is 4.90. The quantitative estimate of drug-likeness (QED) is 0.848. The Morgan fingerprint density at radius 1 is 1.06 bits per heavy atom. The third kappa shape index (κ3) is 2.67. The standard InChI is InChI=1S/C14H16N2/c1-11-7-13(10-15)9-14(16-11)8-12-5-3-2-4-6-12/h2-7,9H,8,10,15H2,1H3. The van der Waals surface area contributed by atoms with Crippen molar-refractivity contribution in [1.82, 2.24) is 4.98 Å². The molecule has 0 radical (unpaired) electrons. The van der Waals surface area contributed by atoms with Crippen LogP contribution in [0.2, 0.25) is 0 Å². The predicted octanol–water partition coefficient (Wildman–Crippen LogP) is 2.44. The molecule has 1 aromatic carbocycles. The van der Waals surface area contributed by atoms with Crippen LogP contribution < -0.4 is 5.73 Å². The maximum absolute atomic E-state index is 5.65. The summed E-state index contributed by atoms with van der Waals surface area (Å²) in [5.74, 6) is 0. The molecule has 1 heterocycles. The second-order valence-corrected chi connectivity index (χ2v) is 3.97. The van der Waals surface area contributed by atoms with Crippen LogP contribution in [-0.2, 0) is 13.0 Å². The molecule has 2 rings (SSSR count). The van der Waals surface area contributed by atoms with Crippen LogP contribution in [0.25, 0.3) is 0 Å². The van der Waals surface area contributed by atoms with Gasteiger partial charge in [0.2, 0.25) is 0 Å². The van der Waals surface area contributed by atoms with Crippen LogP contribution in [0.4, 0.5) is 0 Å². The molecule has 0 aliphatic rings. The van der Waals surface area contributed by atoms with Gasteiger partial charge < -0.3 is 5.73 Å². The second-order valence-electron chi connectivity index (χ2n) is 3.97. The van der Waals surface area contributed by atoms with Gasteiger partial charge in [0.05, 0.1) is 0 Å². The third-order valence-electron chi connectivity index (χ3n) is 2.53. The minimum Gasteiger partial charge on any atom is -0.326 e. The Hall–Kier alpha value is -1.67. The lowest BCUT2D eigenvalue weighted by Gasteiger charge is -2.05. The fraction of sp³-hybridized carbons (Fsp3) is 0.214. The van der Waals surface area contributed by atoms with Gasteiger partial charge in [0.1, 0.15) is 0 Å². The van der Waals surface area contributed by atoms with Crippen LogP contribution in [0, 0.1) is 6.92 Å². The highest BCUT2D eigenvalue weighted by Gasteiger charge is 2.00. The fourth-order valence-electron chi connectivity index (χ4n) is 1.83. The van der Waals surface area contributed by atoms with Crippen LogP contribution in [0.15, 0.2) is 42.5 Å². The highest BCUT2D eigenvalue weighted by Crippen LogP contribution is 2.10. The molecular weight excluding hydrogens is 196 g/mol. The first kappa shape index (κ1) is 10.8. The average Bonchev–Trinajstić information content (AvgIpc) is 2.29. The summed E-state index contributed by atoms with van der Waals surface area (Å²) in [7, 11) is 0. The molecule has 0 aliphatic carbocycles. The number of aromatic nitrogens is 1. The lowest BCUT2D eigenvalue weighted by molar-refractivity contribution is 0.984. The fourth-order valence-corrected chi connectivity index (χ4v) is 1.83. The largest absolute Gasteiger partial charge is 0.326 e. The van der Waals surface area contributed by atoms with Crippen molar-refractivity contribution in [2.45, 2.75) is 19.9 Å². The van der Waals surface area contributed by atoms with Crippen LogP contribution in [0.5, 0.6) is 0 Å². The lowest BCUT2D eigenvalue weighted by atomic mass is 10.1. The van der Waals surface area contributed by atoms with Gasteiger partial charge in [-0.3, -0.25) is 4.98 Å². The predicted molar refractivity (Wildman–Crippen MR) is 66.1 cm³/mol. The first-order valence-electron chi connectivity index (χ1n) is 5.48. The van der Waals surface area contributed by atoms with Crippen molar-refractivity contribution in [1.29, 1.82) is 0 Å². The molecule has 2 N–H and O–H groups in total. The van der Waals surface area contributed by atoms with Crippen LogP contribution >= 0.6 is 0 Å². The topological polar surface area (TPSA) is 38.9 Å². The normalized spacial score (nSPS) is 10.4. The van der Waals surface area contributed by atoms with E-state index >= 15 is 0 Å². The van der Waals surface area contributed by atoms with E-state index in [1.54, 1.807) is 0 Å². The first-order chi connectivity index (χ1) is 7.78. The summed E-state index contributed by atoms with van der Waals surface area (Å²) in [6.45, 7) is 2.58. The molecule has 0 aliphatic heterocycles. The number of pyridine rings is 1. The Morgan fingerprint density at radius 3 is 2.50 bits per heavy atom. The molecule has 2 nitrogen and oxygen atoms in total. The van der Waals surface area contributed by atoms with Gasteiger partial charge in [0, 0.05) is 24.4 Å². The molecule has 0 saturated heterocycles. The summed E-state index contributed by atoms with van der Waals surface area (Å²) in [6.07, 6.45) is 0.871. The van der Waals surface area contributed by atoms with Gasteiger partial charge in [0.25, 0.3) is 0 Å². The molecule has 2 aromatic rings. The number of hydrogen-bond donors (Lipinski definition) is 1.